The van der Waals surface area contributed by atoms with Crippen LogP contribution in [-0.4, -0.2) is 37.3 Å². The molecular weight excluding hydrogens is 415 g/mol. The largest absolute Gasteiger partial charge is 0.494 e. The molecule has 29 heavy (non-hydrogen) atoms. The Labute approximate surface area is 175 Å². The van der Waals surface area contributed by atoms with Gasteiger partial charge in [0.2, 0.25) is 0 Å². The third-order valence-electron chi connectivity index (χ3n) is 3.59. The van der Waals surface area contributed by atoms with E-state index in [-0.39, 0.29) is 25.3 Å². The van der Waals surface area contributed by atoms with Gasteiger partial charge >= 0.3 is 7.60 Å². The molecule has 2 aromatic rings. The second kappa shape index (κ2) is 11.3. The number of nitrogens with zero attached hydrogens (tertiary/aromatic N) is 1. The van der Waals surface area contributed by atoms with Crippen LogP contribution in [0.3, 0.4) is 0 Å². The lowest BCUT2D eigenvalue weighted by molar-refractivity contribution is 0.102. The van der Waals surface area contributed by atoms with Gasteiger partial charge in [0.25, 0.3) is 5.91 Å². The molecule has 1 N–H and O–H groups in total. The first-order chi connectivity index (χ1) is 13.9. The molecule has 0 fully saturated rings. The summed E-state index contributed by atoms with van der Waals surface area (Å²) in [7, 11) is -3.26. The number of hydrogen-bond acceptors (Lipinski definition) is 8. The molecule has 0 radical (unpaired) electrons. The first-order valence-electron chi connectivity index (χ1n) is 9.48. The number of ether oxygens (including phenoxy) is 2. The molecule has 8 nitrogen and oxygen atoms in total. The molecule has 0 unspecified atom stereocenters. The number of nitrogens with one attached hydrogen (secondary N) is 1. The fourth-order valence-corrected chi connectivity index (χ4v) is 4.98. The summed E-state index contributed by atoms with van der Waals surface area (Å²) in [6.07, 6.45) is 0.0467. The molecule has 1 aromatic carbocycles. The van der Waals surface area contributed by atoms with E-state index in [9.17, 15) is 9.36 Å². The minimum atomic E-state index is -3.26. The average Bonchev–Trinajstić information content (AvgIpc) is 3.10. The molecule has 1 aromatic heterocycles. The van der Waals surface area contributed by atoms with Gasteiger partial charge < -0.3 is 18.5 Å². The van der Waals surface area contributed by atoms with Crippen molar-refractivity contribution in [3.8, 4) is 11.5 Å². The summed E-state index contributed by atoms with van der Waals surface area (Å²) in [5.74, 6) is 0.673. The SMILES string of the molecule is CCOc1ccc(OCC)c(C(=O)Nc2nc(CP(=O)(OCC)OCC)cs2)c1. The van der Waals surface area contributed by atoms with E-state index in [1.54, 1.807) is 37.4 Å². The van der Waals surface area contributed by atoms with Gasteiger partial charge in [-0.05, 0) is 45.9 Å². The summed E-state index contributed by atoms with van der Waals surface area (Å²) in [5, 5.41) is 4.86. The van der Waals surface area contributed by atoms with Crippen LogP contribution < -0.4 is 14.8 Å². The summed E-state index contributed by atoms with van der Waals surface area (Å²) in [6.45, 7) is 8.71. The summed E-state index contributed by atoms with van der Waals surface area (Å²) in [6, 6.07) is 5.10. The van der Waals surface area contributed by atoms with E-state index in [0.29, 0.717) is 41.1 Å². The molecule has 10 heteroatoms. The topological polar surface area (TPSA) is 96.0 Å². The van der Waals surface area contributed by atoms with Crippen molar-refractivity contribution in [2.75, 3.05) is 31.7 Å². The van der Waals surface area contributed by atoms with E-state index >= 15 is 0 Å². The van der Waals surface area contributed by atoms with Crippen molar-refractivity contribution in [3.63, 3.8) is 0 Å². The van der Waals surface area contributed by atoms with E-state index in [0.717, 1.165) is 0 Å². The third kappa shape index (κ3) is 6.82. The molecule has 0 atom stereocenters. The zero-order valence-corrected chi connectivity index (χ0v) is 18.8. The molecule has 2 rings (SSSR count). The standard InChI is InChI=1S/C19H27N2O6PS/c1-5-24-15-9-10-17(25-6-2)16(11-15)18(22)21-19-20-14(13-29-19)12-28(23,26-7-3)27-8-4/h9-11,13H,5-8,12H2,1-4H3,(H,20,21,22). The van der Waals surface area contributed by atoms with Crippen molar-refractivity contribution >= 4 is 30.0 Å². The van der Waals surface area contributed by atoms with Gasteiger partial charge in [0.1, 0.15) is 11.5 Å². The highest BCUT2D eigenvalue weighted by molar-refractivity contribution is 7.53. The lowest BCUT2D eigenvalue weighted by Gasteiger charge is -2.15. The lowest BCUT2D eigenvalue weighted by Crippen LogP contribution is -2.14. The highest BCUT2D eigenvalue weighted by atomic mass is 32.1. The monoisotopic (exact) mass is 442 g/mol. The minimum absolute atomic E-state index is 0.0467. The Balaban J connectivity index is 2.15. The maximum absolute atomic E-state index is 12.8. The van der Waals surface area contributed by atoms with Crippen LogP contribution in [0.15, 0.2) is 23.6 Å². The van der Waals surface area contributed by atoms with Crippen LogP contribution in [0.4, 0.5) is 5.13 Å². The highest BCUT2D eigenvalue weighted by Gasteiger charge is 2.26. The van der Waals surface area contributed by atoms with Crippen molar-refractivity contribution in [2.24, 2.45) is 0 Å². The maximum atomic E-state index is 12.8. The molecule has 160 valence electrons. The minimum Gasteiger partial charge on any atom is -0.494 e. The average molecular weight is 442 g/mol. The number of hydrogen-bond donors (Lipinski definition) is 1. The van der Waals surface area contributed by atoms with Crippen LogP contribution in [0.25, 0.3) is 0 Å². The second-order valence-electron chi connectivity index (χ2n) is 5.73. The second-order valence-corrected chi connectivity index (χ2v) is 8.64. The molecule has 0 bridgehead atoms. The molecule has 0 saturated carbocycles. The number of anilines is 1. The van der Waals surface area contributed by atoms with Gasteiger partial charge in [-0.2, -0.15) is 0 Å². The molecule has 0 spiro atoms. The van der Waals surface area contributed by atoms with E-state index in [2.05, 4.69) is 10.3 Å². The van der Waals surface area contributed by atoms with Crippen molar-refractivity contribution in [1.29, 1.82) is 0 Å². The molecule has 0 aliphatic carbocycles. The Hall–Kier alpha value is -1.93. The number of thiazole rings is 1. The molecule has 1 amide bonds. The predicted octanol–water partition coefficient (Wildman–Crippen LogP) is 4.96. The van der Waals surface area contributed by atoms with Crippen molar-refractivity contribution in [2.45, 2.75) is 33.9 Å². The maximum Gasteiger partial charge on any atom is 0.336 e. The fraction of sp³-hybridized carbons (Fsp3) is 0.474. The third-order valence-corrected chi connectivity index (χ3v) is 6.41. The number of carbonyl (C=O) groups is 1. The number of amides is 1. The number of aromatic nitrogens is 1. The predicted molar refractivity (Wildman–Crippen MR) is 113 cm³/mol. The summed E-state index contributed by atoms with van der Waals surface area (Å²) < 4.78 is 34.3. The van der Waals surface area contributed by atoms with Gasteiger partial charge in [-0.25, -0.2) is 4.98 Å². The number of benzene rings is 1. The van der Waals surface area contributed by atoms with Crippen LogP contribution in [0.2, 0.25) is 0 Å². The Bertz CT molecular complexity index is 847. The smallest absolute Gasteiger partial charge is 0.336 e. The summed E-state index contributed by atoms with van der Waals surface area (Å²) >= 11 is 1.24. The number of carbonyl (C=O) groups excluding carboxylic acids is 1. The lowest BCUT2D eigenvalue weighted by atomic mass is 10.1. The quantitative estimate of drug-likeness (QED) is 0.464. The van der Waals surface area contributed by atoms with Gasteiger partial charge in [-0.3, -0.25) is 14.7 Å². The molecule has 0 aliphatic heterocycles. The highest BCUT2D eigenvalue weighted by Crippen LogP contribution is 2.51. The fourth-order valence-electron chi connectivity index (χ4n) is 2.55. The molecular formula is C19H27N2O6PS. The van der Waals surface area contributed by atoms with Crippen LogP contribution in [0, 0.1) is 0 Å². The van der Waals surface area contributed by atoms with Crippen LogP contribution >= 0.6 is 18.9 Å². The van der Waals surface area contributed by atoms with Crippen molar-refractivity contribution < 1.29 is 27.9 Å². The van der Waals surface area contributed by atoms with Crippen LogP contribution in [0.5, 0.6) is 11.5 Å². The van der Waals surface area contributed by atoms with Gasteiger partial charge in [0, 0.05) is 5.38 Å². The van der Waals surface area contributed by atoms with Crippen molar-refractivity contribution in [1.82, 2.24) is 4.98 Å². The van der Waals surface area contributed by atoms with Gasteiger partial charge in [0.05, 0.1) is 43.8 Å². The van der Waals surface area contributed by atoms with E-state index in [1.165, 1.54) is 11.3 Å². The zero-order valence-electron chi connectivity index (χ0n) is 17.1. The van der Waals surface area contributed by atoms with Gasteiger partial charge in [0.15, 0.2) is 5.13 Å². The molecule has 0 saturated heterocycles. The summed E-state index contributed by atoms with van der Waals surface area (Å²) in [5.41, 5.74) is 0.882. The van der Waals surface area contributed by atoms with Gasteiger partial charge in [-0.15, -0.1) is 11.3 Å². The van der Waals surface area contributed by atoms with Gasteiger partial charge in [-0.1, -0.05) is 0 Å². The van der Waals surface area contributed by atoms with Crippen molar-refractivity contribution in [3.05, 3.63) is 34.8 Å². The summed E-state index contributed by atoms with van der Waals surface area (Å²) in [4.78, 5) is 17.1. The Morgan fingerprint density at radius 3 is 2.38 bits per heavy atom. The first kappa shape index (κ1) is 23.3. The van der Waals surface area contributed by atoms with Crippen LogP contribution in [-0.2, 0) is 19.8 Å². The van der Waals surface area contributed by atoms with E-state index < -0.39 is 7.60 Å². The Morgan fingerprint density at radius 1 is 1.07 bits per heavy atom. The normalized spacial score (nSPS) is 11.3. The molecule has 0 aliphatic rings. The first-order valence-corrected chi connectivity index (χ1v) is 12.1. The van der Waals surface area contributed by atoms with Crippen LogP contribution in [0.1, 0.15) is 43.7 Å². The number of rotatable bonds is 12. The Kier molecular flexibility index (Phi) is 9.10. The molecule has 1 heterocycles. The van der Waals surface area contributed by atoms with E-state index in [1.807, 2.05) is 13.8 Å². The zero-order chi connectivity index (χ0) is 21.3. The Morgan fingerprint density at radius 2 is 1.76 bits per heavy atom. The van der Waals surface area contributed by atoms with E-state index in [4.69, 9.17) is 18.5 Å².